The number of likely N-dealkylation sites (tertiary alicyclic amines) is 1. The number of hydrogen-bond acceptors (Lipinski definition) is 5. The quantitative estimate of drug-likeness (QED) is 0.603. The topological polar surface area (TPSA) is 60.2 Å². The molecule has 1 aromatic heterocycles. The zero-order chi connectivity index (χ0) is 20.2. The lowest BCUT2D eigenvalue weighted by atomic mass is 10.1. The second-order valence-electron chi connectivity index (χ2n) is 6.96. The maximum absolute atomic E-state index is 12.7. The Morgan fingerprint density at radius 3 is 2.83 bits per heavy atom. The summed E-state index contributed by atoms with van der Waals surface area (Å²) in [5.41, 5.74) is 4.78. The molecule has 2 heterocycles. The summed E-state index contributed by atoms with van der Waals surface area (Å²) in [7, 11) is 0. The Morgan fingerprint density at radius 1 is 1.31 bits per heavy atom. The van der Waals surface area contributed by atoms with Gasteiger partial charge in [-0.25, -0.2) is 4.98 Å². The van der Waals surface area contributed by atoms with E-state index in [0.717, 1.165) is 12.1 Å². The summed E-state index contributed by atoms with van der Waals surface area (Å²) in [5.74, 6) is -0.0220. The van der Waals surface area contributed by atoms with Gasteiger partial charge in [0.2, 0.25) is 0 Å². The second-order valence-corrected chi connectivity index (χ2v) is 8.08. The van der Waals surface area contributed by atoms with Gasteiger partial charge < -0.3 is 9.80 Å². The minimum absolute atomic E-state index is 0.0220. The molecule has 3 aromatic rings. The number of anilines is 1. The highest BCUT2D eigenvalue weighted by Gasteiger charge is 2.32. The first-order chi connectivity index (χ1) is 14.2. The van der Waals surface area contributed by atoms with Crippen LogP contribution in [0.2, 0.25) is 5.02 Å². The van der Waals surface area contributed by atoms with E-state index in [2.05, 4.69) is 28.1 Å². The minimum Gasteiger partial charge on any atom is -0.362 e. The fraction of sp³-hybridized carbons (Fsp3) is 0.227. The van der Waals surface area contributed by atoms with Gasteiger partial charge in [0.15, 0.2) is 0 Å². The van der Waals surface area contributed by atoms with E-state index in [1.165, 1.54) is 16.9 Å². The average Bonchev–Trinajstić information content (AvgIpc) is 3.45. The third kappa shape index (κ3) is 4.26. The molecule has 29 heavy (non-hydrogen) atoms. The van der Waals surface area contributed by atoms with Crippen LogP contribution in [0.25, 0.3) is 0 Å². The zero-order valence-electron chi connectivity index (χ0n) is 15.7. The normalized spacial score (nSPS) is 15.9. The van der Waals surface area contributed by atoms with Crippen molar-refractivity contribution in [2.24, 2.45) is 0 Å². The van der Waals surface area contributed by atoms with E-state index in [9.17, 15) is 10.1 Å². The van der Waals surface area contributed by atoms with Crippen molar-refractivity contribution in [1.29, 1.82) is 5.26 Å². The molecule has 1 amide bonds. The predicted molar refractivity (Wildman–Crippen MR) is 115 cm³/mol. The largest absolute Gasteiger partial charge is 0.362 e. The molecular weight excluding hydrogens is 404 g/mol. The maximum atomic E-state index is 12.7. The highest BCUT2D eigenvalue weighted by molar-refractivity contribution is 7.07. The molecule has 0 spiro atoms. The van der Waals surface area contributed by atoms with E-state index >= 15 is 0 Å². The van der Waals surface area contributed by atoms with Gasteiger partial charge in [0, 0.05) is 36.7 Å². The Morgan fingerprint density at radius 2 is 2.14 bits per heavy atom. The van der Waals surface area contributed by atoms with Crippen LogP contribution >= 0.6 is 22.9 Å². The molecule has 146 valence electrons. The number of aromatic nitrogens is 1. The molecular formula is C22H19ClN4OS. The van der Waals surface area contributed by atoms with Gasteiger partial charge in [-0.05, 0) is 30.2 Å². The van der Waals surface area contributed by atoms with Crippen molar-refractivity contribution < 1.29 is 4.79 Å². The standard InChI is InChI=1S/C22H19ClN4OS/c23-20-10-18(7-6-17(20)11-24)27(12-16-4-2-1-3-5-16)19-8-9-26(13-19)22(28)21-14-29-15-25-21/h1-7,10,14-15,19H,8-9,12-13H2/t19-/m0/s1. The van der Waals surface area contributed by atoms with Crippen molar-refractivity contribution in [2.45, 2.75) is 19.0 Å². The van der Waals surface area contributed by atoms with Crippen LogP contribution in [0.5, 0.6) is 0 Å². The van der Waals surface area contributed by atoms with Crippen LogP contribution in [-0.4, -0.2) is 34.9 Å². The highest BCUT2D eigenvalue weighted by Crippen LogP contribution is 2.29. The number of thiazole rings is 1. The number of nitriles is 1. The van der Waals surface area contributed by atoms with Crippen molar-refractivity contribution in [3.63, 3.8) is 0 Å². The van der Waals surface area contributed by atoms with Crippen LogP contribution < -0.4 is 4.90 Å². The number of benzene rings is 2. The monoisotopic (exact) mass is 422 g/mol. The molecule has 1 aliphatic rings. The molecule has 0 bridgehead atoms. The van der Waals surface area contributed by atoms with Gasteiger partial charge in [-0.15, -0.1) is 11.3 Å². The van der Waals surface area contributed by atoms with E-state index in [1.54, 1.807) is 17.0 Å². The van der Waals surface area contributed by atoms with E-state index < -0.39 is 0 Å². The molecule has 0 radical (unpaired) electrons. The first kappa shape index (κ1) is 19.4. The van der Waals surface area contributed by atoms with Gasteiger partial charge in [0.1, 0.15) is 11.8 Å². The molecule has 2 aromatic carbocycles. The molecule has 7 heteroatoms. The molecule has 0 aliphatic carbocycles. The maximum Gasteiger partial charge on any atom is 0.273 e. The third-order valence-electron chi connectivity index (χ3n) is 5.14. The number of hydrogen-bond donors (Lipinski definition) is 0. The highest BCUT2D eigenvalue weighted by atomic mass is 35.5. The van der Waals surface area contributed by atoms with Crippen molar-refractivity contribution in [2.75, 3.05) is 18.0 Å². The summed E-state index contributed by atoms with van der Waals surface area (Å²) < 4.78 is 0. The number of nitrogens with zero attached hydrogens (tertiary/aromatic N) is 4. The Labute approximate surface area is 178 Å². The smallest absolute Gasteiger partial charge is 0.273 e. The molecule has 1 saturated heterocycles. The molecule has 0 saturated carbocycles. The number of carbonyl (C=O) groups is 1. The van der Waals surface area contributed by atoms with E-state index in [1.807, 2.05) is 35.2 Å². The molecule has 4 rings (SSSR count). The zero-order valence-corrected chi connectivity index (χ0v) is 17.2. The lowest BCUT2D eigenvalue weighted by Gasteiger charge is -2.31. The molecule has 5 nitrogen and oxygen atoms in total. The van der Waals surface area contributed by atoms with Crippen LogP contribution in [0, 0.1) is 11.3 Å². The van der Waals surface area contributed by atoms with E-state index in [-0.39, 0.29) is 11.9 Å². The first-order valence-corrected chi connectivity index (χ1v) is 10.7. The van der Waals surface area contributed by atoms with Crippen molar-refractivity contribution >= 4 is 34.5 Å². The van der Waals surface area contributed by atoms with Crippen LogP contribution in [0.15, 0.2) is 59.4 Å². The van der Waals surface area contributed by atoms with Crippen molar-refractivity contribution in [1.82, 2.24) is 9.88 Å². The lowest BCUT2D eigenvalue weighted by Crippen LogP contribution is -2.38. The Balaban J connectivity index is 1.59. The van der Waals surface area contributed by atoms with E-state index in [4.69, 9.17) is 11.6 Å². The lowest BCUT2D eigenvalue weighted by molar-refractivity contribution is 0.0785. The first-order valence-electron chi connectivity index (χ1n) is 9.33. The number of rotatable bonds is 5. The summed E-state index contributed by atoms with van der Waals surface area (Å²) in [4.78, 5) is 21.0. The van der Waals surface area contributed by atoms with Crippen LogP contribution in [-0.2, 0) is 6.54 Å². The van der Waals surface area contributed by atoms with Crippen LogP contribution in [0.3, 0.4) is 0 Å². The number of carbonyl (C=O) groups excluding carboxylic acids is 1. The van der Waals surface area contributed by atoms with E-state index in [0.29, 0.717) is 35.9 Å². The second kappa shape index (κ2) is 8.64. The Kier molecular flexibility index (Phi) is 5.79. The summed E-state index contributed by atoms with van der Waals surface area (Å²) in [6.45, 7) is 2.02. The number of halogens is 1. The van der Waals surface area contributed by atoms with Gasteiger partial charge in [0.25, 0.3) is 5.91 Å². The van der Waals surface area contributed by atoms with Crippen molar-refractivity contribution in [3.05, 3.63) is 81.3 Å². The number of amides is 1. The fourth-order valence-corrected chi connectivity index (χ4v) is 4.39. The third-order valence-corrected chi connectivity index (χ3v) is 6.04. The SMILES string of the molecule is N#Cc1ccc(N(Cc2ccccc2)[C@H]2CCN(C(=O)c3cscn3)C2)cc1Cl. The van der Waals surface area contributed by atoms with Crippen molar-refractivity contribution in [3.8, 4) is 6.07 Å². The molecule has 0 unspecified atom stereocenters. The molecule has 1 aliphatic heterocycles. The summed E-state index contributed by atoms with van der Waals surface area (Å²) in [5, 5.41) is 11.4. The molecule has 1 atom stereocenters. The Hall–Kier alpha value is -2.88. The summed E-state index contributed by atoms with van der Waals surface area (Å²) >= 11 is 7.74. The predicted octanol–water partition coefficient (Wildman–Crippen LogP) is 4.59. The Bertz CT molecular complexity index is 1030. The van der Waals surface area contributed by atoms with Gasteiger partial charge >= 0.3 is 0 Å². The van der Waals surface area contributed by atoms with Gasteiger partial charge in [-0.2, -0.15) is 5.26 Å². The minimum atomic E-state index is -0.0220. The van der Waals surface area contributed by atoms with Gasteiger partial charge in [-0.1, -0.05) is 41.9 Å². The fourth-order valence-electron chi connectivity index (χ4n) is 3.65. The average molecular weight is 423 g/mol. The molecule has 0 N–H and O–H groups in total. The van der Waals surface area contributed by atoms with Gasteiger partial charge in [-0.3, -0.25) is 4.79 Å². The van der Waals surface area contributed by atoms with Gasteiger partial charge in [0.05, 0.1) is 16.1 Å². The summed E-state index contributed by atoms with van der Waals surface area (Å²) in [6.07, 6.45) is 0.861. The van der Waals surface area contributed by atoms with Crippen LogP contribution in [0.1, 0.15) is 28.0 Å². The molecule has 1 fully saturated rings. The van der Waals surface area contributed by atoms with Crippen LogP contribution in [0.4, 0.5) is 5.69 Å². The summed E-state index contributed by atoms with van der Waals surface area (Å²) in [6, 6.07) is 18.0.